The van der Waals surface area contributed by atoms with E-state index in [4.69, 9.17) is 10.5 Å². The van der Waals surface area contributed by atoms with Crippen molar-refractivity contribution in [2.45, 2.75) is 32.2 Å². The molecule has 0 fully saturated rings. The lowest BCUT2D eigenvalue weighted by Gasteiger charge is -2.06. The number of esters is 1. The largest absolute Gasteiger partial charge is 0.464 e. The summed E-state index contributed by atoms with van der Waals surface area (Å²) in [5.41, 5.74) is 5.34. The summed E-state index contributed by atoms with van der Waals surface area (Å²) in [7, 11) is 0. The fraction of sp³-hybridized carbons (Fsp3) is 0.667. The molecule has 1 atom stereocenters. The summed E-state index contributed by atoms with van der Waals surface area (Å²) in [5.74, 6) is -0.388. The first-order valence-corrected chi connectivity index (χ1v) is 4.27. The fourth-order valence-electron chi connectivity index (χ4n) is 0.717. The van der Waals surface area contributed by atoms with Crippen LogP contribution < -0.4 is 5.73 Å². The predicted molar refractivity (Wildman–Crippen MR) is 48.7 cm³/mol. The van der Waals surface area contributed by atoms with E-state index in [1.807, 2.05) is 0 Å². The van der Waals surface area contributed by atoms with Gasteiger partial charge in [0.05, 0.1) is 6.61 Å². The molecule has 0 bridgehead atoms. The van der Waals surface area contributed by atoms with Crippen LogP contribution in [0.1, 0.15) is 26.2 Å². The third-order valence-corrected chi connectivity index (χ3v) is 1.52. The van der Waals surface area contributed by atoms with Gasteiger partial charge in [0.1, 0.15) is 6.04 Å². The smallest absolute Gasteiger partial charge is 0.326 e. The first-order valence-electron chi connectivity index (χ1n) is 4.27. The van der Waals surface area contributed by atoms with Gasteiger partial charge in [0.25, 0.3) is 0 Å². The van der Waals surface area contributed by atoms with Crippen LogP contribution in [-0.4, -0.2) is 18.6 Å². The summed E-state index contributed by atoms with van der Waals surface area (Å²) in [6, 6.07) is -0.674. The minimum atomic E-state index is -0.674. The molecular weight excluding hydrogens is 154 g/mol. The summed E-state index contributed by atoms with van der Waals surface area (Å²) >= 11 is 0. The molecule has 0 aliphatic rings. The predicted octanol–water partition coefficient (Wildman–Crippen LogP) is 1.23. The van der Waals surface area contributed by atoms with Crippen LogP contribution >= 0.6 is 0 Å². The zero-order valence-corrected chi connectivity index (χ0v) is 7.58. The van der Waals surface area contributed by atoms with E-state index in [-0.39, 0.29) is 5.97 Å². The third-order valence-electron chi connectivity index (χ3n) is 1.52. The van der Waals surface area contributed by atoms with Crippen molar-refractivity contribution in [2.75, 3.05) is 6.61 Å². The molecule has 0 spiro atoms. The van der Waals surface area contributed by atoms with Crippen molar-refractivity contribution in [1.29, 1.82) is 0 Å². The molecule has 3 nitrogen and oxygen atoms in total. The van der Waals surface area contributed by atoms with Crippen molar-refractivity contribution < 1.29 is 9.53 Å². The van der Waals surface area contributed by atoms with Gasteiger partial charge in [-0.3, -0.25) is 4.79 Å². The lowest BCUT2D eigenvalue weighted by atomic mass is 10.3. The van der Waals surface area contributed by atoms with Gasteiger partial charge < -0.3 is 10.5 Å². The molecule has 0 radical (unpaired) electrons. The second kappa shape index (κ2) is 6.85. The molecule has 0 rings (SSSR count). The van der Waals surface area contributed by atoms with Gasteiger partial charge in [0.2, 0.25) is 0 Å². The van der Waals surface area contributed by atoms with E-state index >= 15 is 0 Å². The molecule has 0 saturated heterocycles. The lowest BCUT2D eigenvalue weighted by Crippen LogP contribution is -2.30. The second-order valence-electron chi connectivity index (χ2n) is 2.64. The maximum atomic E-state index is 10.9. The molecule has 0 saturated carbocycles. The van der Waals surface area contributed by atoms with Crippen LogP contribution in [0.5, 0.6) is 0 Å². The van der Waals surface area contributed by atoms with Crippen LogP contribution in [0.3, 0.4) is 0 Å². The van der Waals surface area contributed by atoms with Crippen LogP contribution in [-0.2, 0) is 9.53 Å². The topological polar surface area (TPSA) is 52.3 Å². The summed E-state index contributed by atoms with van der Waals surface area (Å²) in [6.07, 6.45) is 4.48. The summed E-state index contributed by atoms with van der Waals surface area (Å²) in [5, 5.41) is 0. The molecule has 0 heterocycles. The monoisotopic (exact) mass is 171 g/mol. The van der Waals surface area contributed by atoms with Crippen molar-refractivity contribution >= 4 is 5.97 Å². The quantitative estimate of drug-likeness (QED) is 0.371. The summed E-state index contributed by atoms with van der Waals surface area (Å²) < 4.78 is 4.86. The molecule has 0 aromatic carbocycles. The highest BCUT2D eigenvalue weighted by molar-refractivity contribution is 5.77. The van der Waals surface area contributed by atoms with Gasteiger partial charge in [0.15, 0.2) is 0 Å². The minimum Gasteiger partial charge on any atom is -0.464 e. The van der Waals surface area contributed by atoms with E-state index in [1.54, 1.807) is 0 Å². The van der Waals surface area contributed by atoms with Gasteiger partial charge in [-0.1, -0.05) is 25.8 Å². The van der Waals surface area contributed by atoms with Crippen molar-refractivity contribution in [3.8, 4) is 0 Å². The number of hydrogen-bond donors (Lipinski definition) is 1. The van der Waals surface area contributed by atoms with Gasteiger partial charge in [-0.15, -0.1) is 6.58 Å². The SMILES string of the molecule is C=CC(N)C(=O)OCCCCC. The van der Waals surface area contributed by atoms with E-state index in [2.05, 4.69) is 13.5 Å². The number of carbonyl (C=O) groups is 1. The zero-order chi connectivity index (χ0) is 9.40. The van der Waals surface area contributed by atoms with Crippen LogP contribution in [0, 0.1) is 0 Å². The molecular formula is C9H17NO2. The molecule has 70 valence electrons. The summed E-state index contributed by atoms with van der Waals surface area (Å²) in [4.78, 5) is 10.9. The fourth-order valence-corrected chi connectivity index (χ4v) is 0.717. The van der Waals surface area contributed by atoms with Crippen molar-refractivity contribution in [2.24, 2.45) is 5.73 Å². The number of rotatable bonds is 6. The average Bonchev–Trinajstić information content (AvgIpc) is 2.10. The Morgan fingerprint density at radius 3 is 2.83 bits per heavy atom. The van der Waals surface area contributed by atoms with E-state index in [0.29, 0.717) is 6.61 Å². The van der Waals surface area contributed by atoms with Crippen LogP contribution in [0.2, 0.25) is 0 Å². The molecule has 2 N–H and O–H groups in total. The Morgan fingerprint density at radius 2 is 2.33 bits per heavy atom. The number of nitrogens with two attached hydrogens (primary N) is 1. The molecule has 0 aliphatic heterocycles. The van der Waals surface area contributed by atoms with E-state index in [0.717, 1.165) is 19.3 Å². The highest BCUT2D eigenvalue weighted by Gasteiger charge is 2.09. The minimum absolute atomic E-state index is 0.388. The first-order chi connectivity index (χ1) is 5.72. The Morgan fingerprint density at radius 1 is 1.67 bits per heavy atom. The second-order valence-corrected chi connectivity index (χ2v) is 2.64. The molecule has 12 heavy (non-hydrogen) atoms. The Bertz CT molecular complexity index is 145. The highest BCUT2D eigenvalue weighted by atomic mass is 16.5. The number of ether oxygens (including phenoxy) is 1. The molecule has 0 aromatic heterocycles. The Labute approximate surface area is 73.6 Å². The molecule has 0 aromatic rings. The molecule has 1 unspecified atom stereocenters. The van der Waals surface area contributed by atoms with Gasteiger partial charge in [-0.2, -0.15) is 0 Å². The molecule has 0 amide bonds. The van der Waals surface area contributed by atoms with Gasteiger partial charge in [-0.25, -0.2) is 0 Å². The van der Waals surface area contributed by atoms with E-state index in [9.17, 15) is 4.79 Å². The average molecular weight is 171 g/mol. The lowest BCUT2D eigenvalue weighted by molar-refractivity contribution is -0.144. The van der Waals surface area contributed by atoms with Gasteiger partial charge in [-0.05, 0) is 6.42 Å². The van der Waals surface area contributed by atoms with Gasteiger partial charge in [0, 0.05) is 0 Å². The van der Waals surface area contributed by atoms with Crippen LogP contribution in [0.15, 0.2) is 12.7 Å². The highest BCUT2D eigenvalue weighted by Crippen LogP contribution is 1.95. The van der Waals surface area contributed by atoms with Crippen LogP contribution in [0.4, 0.5) is 0 Å². The van der Waals surface area contributed by atoms with Crippen molar-refractivity contribution in [1.82, 2.24) is 0 Å². The Kier molecular flexibility index (Phi) is 6.38. The molecule has 3 heteroatoms. The van der Waals surface area contributed by atoms with E-state index < -0.39 is 6.04 Å². The van der Waals surface area contributed by atoms with Gasteiger partial charge >= 0.3 is 5.97 Å². The number of unbranched alkanes of at least 4 members (excludes halogenated alkanes) is 2. The maximum Gasteiger partial charge on any atom is 0.326 e. The van der Waals surface area contributed by atoms with Crippen molar-refractivity contribution in [3.63, 3.8) is 0 Å². The normalized spacial score (nSPS) is 12.2. The standard InChI is InChI=1S/C9H17NO2/c1-3-5-6-7-12-9(11)8(10)4-2/h4,8H,2-3,5-7,10H2,1H3. The van der Waals surface area contributed by atoms with Crippen molar-refractivity contribution in [3.05, 3.63) is 12.7 Å². The molecule has 0 aliphatic carbocycles. The number of hydrogen-bond acceptors (Lipinski definition) is 3. The Balaban J connectivity index is 3.37. The third kappa shape index (κ3) is 4.91. The first kappa shape index (κ1) is 11.2. The van der Waals surface area contributed by atoms with E-state index in [1.165, 1.54) is 6.08 Å². The maximum absolute atomic E-state index is 10.9. The Hall–Kier alpha value is -0.830. The zero-order valence-electron chi connectivity index (χ0n) is 7.58. The number of carbonyl (C=O) groups excluding carboxylic acids is 1. The summed E-state index contributed by atoms with van der Waals surface area (Å²) in [6.45, 7) is 5.96. The van der Waals surface area contributed by atoms with Crippen LogP contribution in [0.25, 0.3) is 0 Å².